The van der Waals surface area contributed by atoms with Gasteiger partial charge >= 0.3 is 12.2 Å². The van der Waals surface area contributed by atoms with Crippen LogP contribution in [0.3, 0.4) is 0 Å². The summed E-state index contributed by atoms with van der Waals surface area (Å²) in [5.41, 5.74) is -3.20. The monoisotopic (exact) mass is 422 g/mol. The van der Waals surface area contributed by atoms with E-state index in [0.717, 1.165) is 18.9 Å². The molecule has 1 aliphatic heterocycles. The van der Waals surface area contributed by atoms with E-state index in [4.69, 9.17) is 11.6 Å². The van der Waals surface area contributed by atoms with Crippen molar-refractivity contribution in [3.05, 3.63) is 57.2 Å². The highest BCUT2D eigenvalue weighted by Gasteiger charge is 2.59. The lowest BCUT2D eigenvalue weighted by atomic mass is 9.85. The maximum Gasteiger partial charge on any atom is 0.427 e. The quantitative estimate of drug-likeness (QED) is 0.729. The van der Waals surface area contributed by atoms with Gasteiger partial charge in [-0.25, -0.2) is 9.78 Å². The highest BCUT2D eigenvalue weighted by atomic mass is 35.5. The summed E-state index contributed by atoms with van der Waals surface area (Å²) in [5, 5.41) is 4.33. The van der Waals surface area contributed by atoms with Gasteiger partial charge in [0.25, 0.3) is 5.56 Å². The first-order valence-electron chi connectivity index (χ1n) is 8.71. The van der Waals surface area contributed by atoms with Gasteiger partial charge in [-0.05, 0) is 30.5 Å². The first-order chi connectivity index (χ1) is 13.7. The number of benzene rings is 1. The fourth-order valence-electron chi connectivity index (χ4n) is 3.06. The molecule has 0 bridgehead atoms. The second-order valence-corrected chi connectivity index (χ2v) is 7.31. The third-order valence-corrected chi connectivity index (χ3v) is 5.09. The van der Waals surface area contributed by atoms with Crippen LogP contribution in [0.4, 0.5) is 23.7 Å². The zero-order valence-electron chi connectivity index (χ0n) is 14.8. The fourth-order valence-corrected chi connectivity index (χ4v) is 3.28. The second-order valence-electron chi connectivity index (χ2n) is 6.91. The van der Waals surface area contributed by atoms with E-state index in [-0.39, 0.29) is 34.3 Å². The van der Waals surface area contributed by atoms with Crippen LogP contribution >= 0.6 is 11.6 Å². The smallest absolute Gasteiger partial charge is 0.310 e. The molecular weight excluding hydrogens is 409 g/mol. The van der Waals surface area contributed by atoms with Crippen LogP contribution in [0.25, 0.3) is 0 Å². The molecule has 29 heavy (non-hydrogen) atoms. The summed E-state index contributed by atoms with van der Waals surface area (Å²) in [6.45, 7) is -0.0190. The van der Waals surface area contributed by atoms with E-state index in [1.807, 2.05) is 5.32 Å². The van der Waals surface area contributed by atoms with E-state index in [0.29, 0.717) is 5.56 Å². The number of nitrogens with zero attached hydrogens (tertiary/aromatic N) is 2. The Morgan fingerprint density at radius 2 is 2.07 bits per heavy atom. The van der Waals surface area contributed by atoms with Crippen LogP contribution in [0, 0.1) is 17.8 Å². The second kappa shape index (κ2) is 6.81. The highest BCUT2D eigenvalue weighted by molar-refractivity contribution is 6.31. The molecule has 4 rings (SSSR count). The maximum atomic E-state index is 14.1. The molecule has 2 heterocycles. The summed E-state index contributed by atoms with van der Waals surface area (Å²) < 4.78 is 43.6. The van der Waals surface area contributed by atoms with Crippen molar-refractivity contribution in [2.75, 3.05) is 5.32 Å². The van der Waals surface area contributed by atoms with Crippen molar-refractivity contribution in [1.29, 1.82) is 0 Å². The Morgan fingerprint density at radius 1 is 1.31 bits per heavy atom. The number of halogens is 4. The molecule has 10 heteroatoms. The molecule has 2 N–H and O–H groups in total. The highest BCUT2D eigenvalue weighted by Crippen LogP contribution is 2.45. The average molecular weight is 423 g/mol. The van der Waals surface area contributed by atoms with Gasteiger partial charge in [0, 0.05) is 34.5 Å². The van der Waals surface area contributed by atoms with Crippen molar-refractivity contribution >= 4 is 23.3 Å². The van der Waals surface area contributed by atoms with Gasteiger partial charge in [-0.1, -0.05) is 23.4 Å². The number of amides is 2. The molecule has 1 aliphatic carbocycles. The van der Waals surface area contributed by atoms with E-state index in [1.54, 1.807) is 0 Å². The number of anilines is 1. The summed E-state index contributed by atoms with van der Waals surface area (Å²) in [5.74, 6) is 4.77. The van der Waals surface area contributed by atoms with Crippen molar-refractivity contribution < 1.29 is 18.0 Å². The molecule has 6 nitrogen and oxygen atoms in total. The van der Waals surface area contributed by atoms with Gasteiger partial charge in [0.1, 0.15) is 0 Å². The molecule has 1 atom stereocenters. The third-order valence-electron chi connectivity index (χ3n) is 4.74. The summed E-state index contributed by atoms with van der Waals surface area (Å²) >= 11 is 6.26. The lowest BCUT2D eigenvalue weighted by Crippen LogP contribution is -2.59. The van der Waals surface area contributed by atoms with Crippen LogP contribution in [0.15, 0.2) is 35.5 Å². The molecular formula is C19H14ClF3N4O2. The number of hydrogen-bond acceptors (Lipinski definition) is 3. The normalized spacial score (nSPS) is 20.8. The minimum atomic E-state index is -4.87. The number of urea groups is 1. The van der Waals surface area contributed by atoms with Crippen LogP contribution in [0.1, 0.15) is 24.0 Å². The van der Waals surface area contributed by atoms with E-state index >= 15 is 0 Å². The van der Waals surface area contributed by atoms with Gasteiger partial charge in [-0.3, -0.25) is 9.36 Å². The zero-order valence-corrected chi connectivity index (χ0v) is 15.6. The predicted molar refractivity (Wildman–Crippen MR) is 99.4 cm³/mol. The lowest BCUT2D eigenvalue weighted by Gasteiger charge is -2.37. The Hall–Kier alpha value is -2.99. The van der Waals surface area contributed by atoms with Gasteiger partial charge < -0.3 is 10.6 Å². The van der Waals surface area contributed by atoms with Gasteiger partial charge in [0.15, 0.2) is 0 Å². The molecule has 1 fully saturated rings. The molecule has 2 aliphatic rings. The van der Waals surface area contributed by atoms with Crippen LogP contribution in [0.2, 0.25) is 5.02 Å². The molecule has 1 aromatic carbocycles. The number of fused-ring (bicyclic) bond motifs is 1. The number of alkyl halides is 3. The Morgan fingerprint density at radius 3 is 2.72 bits per heavy atom. The van der Waals surface area contributed by atoms with Crippen molar-refractivity contribution in [2.24, 2.45) is 5.92 Å². The number of nitrogens with one attached hydrogen (secondary N) is 2. The minimum absolute atomic E-state index is 0.0132. The third kappa shape index (κ3) is 3.56. The molecule has 0 radical (unpaired) electrons. The number of aromatic nitrogens is 2. The fraction of sp³-hybridized carbons (Fsp3) is 0.316. The molecule has 150 valence electrons. The molecule has 1 unspecified atom stereocenters. The van der Waals surface area contributed by atoms with E-state index in [9.17, 15) is 22.8 Å². The molecule has 1 aromatic heterocycles. The molecule has 2 aromatic rings. The van der Waals surface area contributed by atoms with Gasteiger partial charge in [-0.15, -0.1) is 0 Å². The van der Waals surface area contributed by atoms with Crippen LogP contribution in [-0.4, -0.2) is 21.8 Å². The molecule has 1 saturated carbocycles. The van der Waals surface area contributed by atoms with Crippen LogP contribution in [-0.2, 0) is 12.1 Å². The number of rotatable bonds is 2. The van der Waals surface area contributed by atoms with E-state index < -0.39 is 17.7 Å². The zero-order chi connectivity index (χ0) is 20.8. The van der Waals surface area contributed by atoms with E-state index in [2.05, 4.69) is 22.1 Å². The summed E-state index contributed by atoms with van der Waals surface area (Å²) in [6, 6.07) is 2.69. The molecule has 0 saturated heterocycles. The van der Waals surface area contributed by atoms with Gasteiger partial charge in [0.05, 0.1) is 12.9 Å². The van der Waals surface area contributed by atoms with Crippen molar-refractivity contribution in [1.82, 2.24) is 14.9 Å². The Balaban J connectivity index is 1.84. The van der Waals surface area contributed by atoms with Crippen LogP contribution in [0.5, 0.6) is 0 Å². The minimum Gasteiger partial charge on any atom is -0.310 e. The number of carbonyl (C=O) groups excluding carboxylic acids is 1. The number of carbonyl (C=O) groups is 1. The summed E-state index contributed by atoms with van der Waals surface area (Å²) in [7, 11) is 0. The first kappa shape index (κ1) is 19.3. The van der Waals surface area contributed by atoms with Crippen molar-refractivity contribution in [3.63, 3.8) is 0 Å². The Bertz CT molecular complexity index is 1110. The Kier molecular flexibility index (Phi) is 4.54. The van der Waals surface area contributed by atoms with Crippen molar-refractivity contribution in [2.45, 2.75) is 31.1 Å². The maximum absolute atomic E-state index is 14.1. The SMILES string of the molecule is O=C1Nc2cc(Cn3cnccc3=O)c(Cl)cc2C(C#CC2CC2)(C(F)(F)F)N1. The number of hydrogen-bond donors (Lipinski definition) is 2. The van der Waals surface area contributed by atoms with E-state index in [1.165, 1.54) is 29.2 Å². The van der Waals surface area contributed by atoms with Gasteiger partial charge in [-0.2, -0.15) is 13.2 Å². The summed E-state index contributed by atoms with van der Waals surface area (Å²) in [6.07, 6.45) is -0.777. The standard InChI is InChI=1S/C19H14ClF3N4O2/c20-14-8-13-15(7-12(14)9-27-10-24-6-4-16(27)28)25-17(29)26-18(13,19(21,22)23)5-3-11-1-2-11/h4,6-8,10-11H,1-2,9H2,(H2,25,26,29). The molecule has 2 amide bonds. The average Bonchev–Trinajstić information content (AvgIpc) is 3.46. The van der Waals surface area contributed by atoms with Crippen molar-refractivity contribution in [3.8, 4) is 11.8 Å². The topological polar surface area (TPSA) is 76.0 Å². The largest absolute Gasteiger partial charge is 0.427 e. The van der Waals surface area contributed by atoms with Gasteiger partial charge in [0.2, 0.25) is 5.54 Å². The lowest BCUT2D eigenvalue weighted by molar-refractivity contribution is -0.178. The Labute approximate surface area is 168 Å². The molecule has 0 spiro atoms. The van der Waals surface area contributed by atoms with Crippen LogP contribution < -0.4 is 16.2 Å². The first-order valence-corrected chi connectivity index (χ1v) is 9.09. The summed E-state index contributed by atoms with van der Waals surface area (Å²) in [4.78, 5) is 27.8. The predicted octanol–water partition coefficient (Wildman–Crippen LogP) is 3.25.